The molecule has 4 aromatic rings. The Morgan fingerprint density at radius 2 is 1.54 bits per heavy atom. The van der Waals surface area contributed by atoms with E-state index in [-0.39, 0.29) is 0 Å². The fourth-order valence-electron chi connectivity index (χ4n) is 3.35. The summed E-state index contributed by atoms with van der Waals surface area (Å²) in [4.78, 5) is 4.96. The third-order valence-electron chi connectivity index (χ3n) is 5.12. The maximum absolute atomic E-state index is 5.87. The third kappa shape index (κ3) is 2.86. The number of nitrogens with zero attached hydrogens (tertiary/aromatic N) is 2. The second-order valence-corrected chi connectivity index (χ2v) is 7.00. The van der Waals surface area contributed by atoms with Gasteiger partial charge in [-0.05, 0) is 79.4 Å². The molecule has 0 atom stereocenters. The normalized spacial score (nSPS) is 11.2. The SMILES string of the molecule is Cc1cc2nc(-c3ccc(N)cc3)n(Cc3ccccc3C)c2cc1C. The first-order valence-corrected chi connectivity index (χ1v) is 8.91. The predicted octanol–water partition coefficient (Wildman–Crippen LogP) is 5.26. The molecule has 0 radical (unpaired) electrons. The second kappa shape index (κ2) is 6.34. The van der Waals surface area contributed by atoms with E-state index in [0.29, 0.717) is 0 Å². The first-order valence-electron chi connectivity index (χ1n) is 8.91. The van der Waals surface area contributed by atoms with Crippen LogP contribution in [0.5, 0.6) is 0 Å². The smallest absolute Gasteiger partial charge is 0.141 e. The van der Waals surface area contributed by atoms with Crippen LogP contribution >= 0.6 is 0 Å². The zero-order chi connectivity index (χ0) is 18.3. The fraction of sp³-hybridized carbons (Fsp3) is 0.174. The summed E-state index contributed by atoms with van der Waals surface area (Å²) in [5.41, 5.74) is 15.1. The summed E-state index contributed by atoms with van der Waals surface area (Å²) in [5, 5.41) is 0. The van der Waals surface area contributed by atoms with E-state index in [0.717, 1.165) is 29.1 Å². The van der Waals surface area contributed by atoms with Crippen molar-refractivity contribution < 1.29 is 0 Å². The molecule has 26 heavy (non-hydrogen) atoms. The van der Waals surface area contributed by atoms with Crippen LogP contribution in [0.3, 0.4) is 0 Å². The largest absolute Gasteiger partial charge is 0.399 e. The number of rotatable bonds is 3. The molecule has 0 spiro atoms. The van der Waals surface area contributed by atoms with E-state index in [9.17, 15) is 0 Å². The molecule has 0 amide bonds. The van der Waals surface area contributed by atoms with Gasteiger partial charge in [-0.1, -0.05) is 24.3 Å². The van der Waals surface area contributed by atoms with Crippen LogP contribution < -0.4 is 5.73 Å². The molecule has 3 aromatic carbocycles. The van der Waals surface area contributed by atoms with Crippen molar-refractivity contribution >= 4 is 16.7 Å². The Balaban J connectivity index is 1.95. The van der Waals surface area contributed by atoms with Crippen molar-refractivity contribution in [3.05, 3.63) is 82.9 Å². The lowest BCUT2D eigenvalue weighted by Gasteiger charge is -2.12. The summed E-state index contributed by atoms with van der Waals surface area (Å²) in [7, 11) is 0. The number of aromatic nitrogens is 2. The number of nitrogen functional groups attached to an aromatic ring is 1. The number of hydrogen-bond donors (Lipinski definition) is 1. The summed E-state index contributed by atoms with van der Waals surface area (Å²) in [6.07, 6.45) is 0. The fourth-order valence-corrected chi connectivity index (χ4v) is 3.35. The zero-order valence-electron chi connectivity index (χ0n) is 15.5. The third-order valence-corrected chi connectivity index (χ3v) is 5.12. The molecule has 4 rings (SSSR count). The van der Waals surface area contributed by atoms with Gasteiger partial charge in [0, 0.05) is 17.8 Å². The minimum Gasteiger partial charge on any atom is -0.399 e. The van der Waals surface area contributed by atoms with Gasteiger partial charge in [-0.25, -0.2) is 4.98 Å². The number of nitrogens with two attached hydrogens (primary N) is 1. The van der Waals surface area contributed by atoms with E-state index < -0.39 is 0 Å². The molecular formula is C23H23N3. The van der Waals surface area contributed by atoms with Gasteiger partial charge in [-0.3, -0.25) is 0 Å². The summed E-state index contributed by atoms with van der Waals surface area (Å²) in [6.45, 7) is 7.25. The Labute approximate surface area is 154 Å². The van der Waals surface area contributed by atoms with Gasteiger partial charge >= 0.3 is 0 Å². The van der Waals surface area contributed by atoms with Gasteiger partial charge in [0.15, 0.2) is 0 Å². The summed E-state index contributed by atoms with van der Waals surface area (Å²) in [6, 6.07) is 20.9. The molecule has 0 aliphatic rings. The van der Waals surface area contributed by atoms with Crippen molar-refractivity contribution in [1.82, 2.24) is 9.55 Å². The van der Waals surface area contributed by atoms with Crippen molar-refractivity contribution in [3.8, 4) is 11.4 Å². The lowest BCUT2D eigenvalue weighted by atomic mass is 10.1. The average molecular weight is 341 g/mol. The lowest BCUT2D eigenvalue weighted by molar-refractivity contribution is 0.828. The Morgan fingerprint density at radius 1 is 0.846 bits per heavy atom. The molecule has 0 aliphatic heterocycles. The van der Waals surface area contributed by atoms with E-state index in [1.165, 1.54) is 27.8 Å². The van der Waals surface area contributed by atoms with E-state index in [1.54, 1.807) is 0 Å². The van der Waals surface area contributed by atoms with Crippen LogP contribution in [0.1, 0.15) is 22.3 Å². The van der Waals surface area contributed by atoms with Crippen molar-refractivity contribution in [2.45, 2.75) is 27.3 Å². The number of imidazole rings is 1. The van der Waals surface area contributed by atoms with E-state index >= 15 is 0 Å². The highest BCUT2D eigenvalue weighted by molar-refractivity contribution is 5.82. The molecule has 0 unspecified atom stereocenters. The van der Waals surface area contributed by atoms with Gasteiger partial charge in [0.05, 0.1) is 11.0 Å². The molecule has 130 valence electrons. The van der Waals surface area contributed by atoms with Crippen molar-refractivity contribution in [2.24, 2.45) is 0 Å². The van der Waals surface area contributed by atoms with Gasteiger partial charge in [0.2, 0.25) is 0 Å². The molecular weight excluding hydrogens is 318 g/mol. The topological polar surface area (TPSA) is 43.8 Å². The predicted molar refractivity (Wildman–Crippen MR) is 109 cm³/mol. The monoisotopic (exact) mass is 341 g/mol. The van der Waals surface area contributed by atoms with Crippen LogP contribution in [-0.4, -0.2) is 9.55 Å². The summed E-state index contributed by atoms with van der Waals surface area (Å²) in [5.74, 6) is 0.980. The number of hydrogen-bond acceptors (Lipinski definition) is 2. The lowest BCUT2D eigenvalue weighted by Crippen LogP contribution is -2.04. The van der Waals surface area contributed by atoms with Crippen LogP contribution in [0.15, 0.2) is 60.7 Å². The highest BCUT2D eigenvalue weighted by Gasteiger charge is 2.15. The van der Waals surface area contributed by atoms with E-state index in [2.05, 4.69) is 61.7 Å². The van der Waals surface area contributed by atoms with Crippen molar-refractivity contribution in [1.29, 1.82) is 0 Å². The van der Waals surface area contributed by atoms with Crippen LogP contribution in [0.4, 0.5) is 5.69 Å². The molecule has 1 heterocycles. The average Bonchev–Trinajstić information content (AvgIpc) is 2.95. The van der Waals surface area contributed by atoms with Crippen LogP contribution in [0, 0.1) is 20.8 Å². The maximum atomic E-state index is 5.87. The van der Waals surface area contributed by atoms with Gasteiger partial charge in [-0.15, -0.1) is 0 Å². The number of benzene rings is 3. The molecule has 2 N–H and O–H groups in total. The maximum Gasteiger partial charge on any atom is 0.141 e. The minimum atomic E-state index is 0.766. The van der Waals surface area contributed by atoms with Gasteiger partial charge in [0.1, 0.15) is 5.82 Å². The molecule has 0 saturated carbocycles. The van der Waals surface area contributed by atoms with Crippen LogP contribution in [0.2, 0.25) is 0 Å². The van der Waals surface area contributed by atoms with Gasteiger partial charge in [0.25, 0.3) is 0 Å². The Hall–Kier alpha value is -3.07. The Morgan fingerprint density at radius 3 is 2.27 bits per heavy atom. The first kappa shape index (κ1) is 16.4. The first-order chi connectivity index (χ1) is 12.5. The molecule has 3 heteroatoms. The summed E-state index contributed by atoms with van der Waals surface area (Å²) >= 11 is 0. The minimum absolute atomic E-state index is 0.766. The van der Waals surface area contributed by atoms with Crippen molar-refractivity contribution in [2.75, 3.05) is 5.73 Å². The number of aryl methyl sites for hydroxylation is 3. The van der Waals surface area contributed by atoms with E-state index in [1.807, 2.05) is 24.3 Å². The Bertz CT molecular complexity index is 1090. The highest BCUT2D eigenvalue weighted by atomic mass is 15.1. The van der Waals surface area contributed by atoms with Crippen LogP contribution in [0.25, 0.3) is 22.4 Å². The number of fused-ring (bicyclic) bond motifs is 1. The van der Waals surface area contributed by atoms with Crippen molar-refractivity contribution in [3.63, 3.8) is 0 Å². The van der Waals surface area contributed by atoms with Gasteiger partial charge in [-0.2, -0.15) is 0 Å². The quantitative estimate of drug-likeness (QED) is 0.517. The molecule has 0 fully saturated rings. The molecule has 0 saturated heterocycles. The number of anilines is 1. The molecule has 0 aliphatic carbocycles. The van der Waals surface area contributed by atoms with E-state index in [4.69, 9.17) is 10.7 Å². The van der Waals surface area contributed by atoms with Crippen LogP contribution in [-0.2, 0) is 6.54 Å². The highest BCUT2D eigenvalue weighted by Crippen LogP contribution is 2.29. The van der Waals surface area contributed by atoms with Gasteiger partial charge < -0.3 is 10.3 Å². The summed E-state index contributed by atoms with van der Waals surface area (Å²) < 4.78 is 2.32. The Kier molecular flexibility index (Phi) is 4.00. The zero-order valence-corrected chi connectivity index (χ0v) is 15.5. The molecule has 0 bridgehead atoms. The standard InChI is InChI=1S/C23H23N3/c1-15-6-4-5-7-19(15)14-26-22-13-17(3)16(2)12-21(22)25-23(26)18-8-10-20(24)11-9-18/h4-13H,14,24H2,1-3H3. The molecule has 1 aromatic heterocycles. The second-order valence-electron chi connectivity index (χ2n) is 7.00. The molecule has 3 nitrogen and oxygen atoms in total.